The Morgan fingerprint density at radius 1 is 0.920 bits per heavy atom. The molecule has 2 aromatic carbocycles. The maximum Gasteiger partial charge on any atom is 0.258 e. The summed E-state index contributed by atoms with van der Waals surface area (Å²) in [5.41, 5.74) is 2.92. The second-order valence-electron chi connectivity index (χ2n) is 5.92. The monoisotopic (exact) mass is 378 g/mol. The highest BCUT2D eigenvalue weighted by atomic mass is 32.2. The van der Waals surface area contributed by atoms with Crippen LogP contribution in [0.2, 0.25) is 0 Å². The second kappa shape index (κ2) is 6.62. The lowest BCUT2D eigenvalue weighted by Crippen LogP contribution is -2.17. The Hall–Kier alpha value is -2.16. The molecule has 0 fully saturated rings. The van der Waals surface area contributed by atoms with Gasteiger partial charge in [0.25, 0.3) is 10.0 Å². The third kappa shape index (κ3) is 4.47. The second-order valence-corrected chi connectivity index (χ2v) is 9.27. The van der Waals surface area contributed by atoms with Gasteiger partial charge in [0.05, 0.1) is 10.7 Å². The minimum absolute atomic E-state index is 0.290. The van der Waals surface area contributed by atoms with Gasteiger partial charge in [0.15, 0.2) is 0 Å². The average molecular weight is 378 g/mol. The van der Waals surface area contributed by atoms with Gasteiger partial charge in [0, 0.05) is 5.69 Å². The molecule has 25 heavy (non-hydrogen) atoms. The molecule has 0 heterocycles. The summed E-state index contributed by atoms with van der Waals surface area (Å²) in [5, 5.41) is 5.00. The number of hydrogen-bond donors (Lipinski definition) is 2. The molecule has 0 aromatic heterocycles. The SMILES string of the molecule is NS(=O)(=O)Cc1ccc(NS(=O)(=O)C2=Cc3ccccc3CC2)cc1. The number of aryl methyl sites for hydroxylation is 1. The molecular formula is C17H18N2O4S2. The molecule has 3 N–H and O–H groups in total. The maximum absolute atomic E-state index is 12.6. The first-order valence-corrected chi connectivity index (χ1v) is 10.8. The van der Waals surface area contributed by atoms with Gasteiger partial charge in [-0.25, -0.2) is 22.0 Å². The Labute approximate surface area is 147 Å². The normalized spacial score (nSPS) is 14.5. The van der Waals surface area contributed by atoms with Gasteiger partial charge >= 0.3 is 0 Å². The molecule has 0 aliphatic heterocycles. The van der Waals surface area contributed by atoms with E-state index in [0.717, 1.165) is 11.1 Å². The number of anilines is 1. The number of nitrogens with two attached hydrogens (primary N) is 1. The third-order valence-corrected chi connectivity index (χ3v) is 6.18. The minimum atomic E-state index is -3.66. The van der Waals surface area contributed by atoms with Crippen molar-refractivity contribution in [3.63, 3.8) is 0 Å². The summed E-state index contributed by atoms with van der Waals surface area (Å²) in [5.74, 6) is -0.290. The van der Waals surface area contributed by atoms with Crippen molar-refractivity contribution in [3.8, 4) is 0 Å². The molecular weight excluding hydrogens is 360 g/mol. The van der Waals surface area contributed by atoms with Crippen molar-refractivity contribution in [3.05, 3.63) is 70.1 Å². The van der Waals surface area contributed by atoms with E-state index in [0.29, 0.717) is 29.0 Å². The lowest BCUT2D eigenvalue weighted by Gasteiger charge is -2.17. The van der Waals surface area contributed by atoms with Crippen LogP contribution in [0.5, 0.6) is 0 Å². The van der Waals surface area contributed by atoms with Crippen LogP contribution >= 0.6 is 0 Å². The van der Waals surface area contributed by atoms with Gasteiger partial charge in [0.1, 0.15) is 0 Å². The highest BCUT2D eigenvalue weighted by Crippen LogP contribution is 2.28. The fourth-order valence-electron chi connectivity index (χ4n) is 2.74. The van der Waals surface area contributed by atoms with Gasteiger partial charge in [-0.15, -0.1) is 0 Å². The van der Waals surface area contributed by atoms with Crippen LogP contribution < -0.4 is 9.86 Å². The summed E-state index contributed by atoms with van der Waals surface area (Å²) in [4.78, 5) is 0.333. The summed E-state index contributed by atoms with van der Waals surface area (Å²) in [6.45, 7) is 0. The molecule has 1 aliphatic carbocycles. The van der Waals surface area contributed by atoms with Gasteiger partial charge in [-0.05, 0) is 47.7 Å². The molecule has 2 aromatic rings. The Morgan fingerprint density at radius 2 is 1.60 bits per heavy atom. The predicted octanol–water partition coefficient (Wildman–Crippen LogP) is 2.20. The number of hydrogen-bond acceptors (Lipinski definition) is 4. The fraction of sp³-hybridized carbons (Fsp3) is 0.176. The van der Waals surface area contributed by atoms with E-state index in [2.05, 4.69) is 4.72 Å². The Balaban J connectivity index is 1.79. The van der Waals surface area contributed by atoms with Crippen molar-refractivity contribution in [1.82, 2.24) is 0 Å². The maximum atomic E-state index is 12.6. The van der Waals surface area contributed by atoms with E-state index in [1.807, 2.05) is 24.3 Å². The summed E-state index contributed by atoms with van der Waals surface area (Å²) in [6.07, 6.45) is 2.81. The number of fused-ring (bicyclic) bond motifs is 1. The van der Waals surface area contributed by atoms with Crippen molar-refractivity contribution in [2.45, 2.75) is 18.6 Å². The van der Waals surface area contributed by atoms with Crippen LogP contribution in [-0.2, 0) is 32.2 Å². The zero-order valence-corrected chi connectivity index (χ0v) is 15.0. The molecule has 3 rings (SSSR count). The smallest absolute Gasteiger partial charge is 0.258 e. The standard InChI is InChI=1S/C17H18N2O4S2/c18-24(20,21)12-13-5-8-16(9-6-13)19-25(22,23)17-10-7-14-3-1-2-4-15(14)11-17/h1-6,8-9,11,19H,7,10,12H2,(H2,18,20,21). The van der Waals surface area contributed by atoms with Crippen LogP contribution in [0.15, 0.2) is 53.4 Å². The van der Waals surface area contributed by atoms with E-state index >= 15 is 0 Å². The van der Waals surface area contributed by atoms with Crippen molar-refractivity contribution >= 4 is 31.8 Å². The Kier molecular flexibility index (Phi) is 4.68. The molecule has 1 aliphatic rings. The van der Waals surface area contributed by atoms with Gasteiger partial charge in [-0.3, -0.25) is 4.72 Å². The molecule has 132 valence electrons. The first-order valence-electron chi connectivity index (χ1n) is 7.64. The zero-order chi connectivity index (χ0) is 18.1. The molecule has 0 saturated carbocycles. The van der Waals surface area contributed by atoms with Crippen LogP contribution in [0.3, 0.4) is 0 Å². The summed E-state index contributed by atoms with van der Waals surface area (Å²) in [6, 6.07) is 13.8. The third-order valence-electron chi connectivity index (χ3n) is 3.93. The fourth-order valence-corrected chi connectivity index (χ4v) is 4.63. The first-order chi connectivity index (χ1) is 11.7. The number of rotatable bonds is 5. The summed E-state index contributed by atoms with van der Waals surface area (Å²) < 4.78 is 49.9. The van der Waals surface area contributed by atoms with Crippen LogP contribution in [-0.4, -0.2) is 16.8 Å². The lowest BCUT2D eigenvalue weighted by atomic mass is 9.98. The molecule has 0 atom stereocenters. The van der Waals surface area contributed by atoms with Crippen LogP contribution in [0.25, 0.3) is 6.08 Å². The zero-order valence-electron chi connectivity index (χ0n) is 13.3. The number of nitrogens with one attached hydrogen (secondary N) is 1. The van der Waals surface area contributed by atoms with Gasteiger partial charge in [-0.1, -0.05) is 36.4 Å². The largest absolute Gasteiger partial charge is 0.280 e. The average Bonchev–Trinajstić information content (AvgIpc) is 2.55. The van der Waals surface area contributed by atoms with Crippen LogP contribution in [0, 0.1) is 0 Å². The first kappa shape index (κ1) is 17.7. The van der Waals surface area contributed by atoms with Gasteiger partial charge in [-0.2, -0.15) is 0 Å². The Bertz CT molecular complexity index is 1020. The van der Waals surface area contributed by atoms with Crippen LogP contribution in [0.1, 0.15) is 23.1 Å². The van der Waals surface area contributed by atoms with Crippen LogP contribution in [0.4, 0.5) is 5.69 Å². The van der Waals surface area contributed by atoms with E-state index in [1.165, 1.54) is 24.3 Å². The summed E-state index contributed by atoms with van der Waals surface area (Å²) >= 11 is 0. The molecule has 6 nitrogen and oxygen atoms in total. The molecule has 0 bridgehead atoms. The summed E-state index contributed by atoms with van der Waals surface area (Å²) in [7, 11) is -7.28. The topological polar surface area (TPSA) is 106 Å². The number of primary sulfonamides is 1. The van der Waals surface area contributed by atoms with Crippen molar-refractivity contribution < 1.29 is 16.8 Å². The highest BCUT2D eigenvalue weighted by Gasteiger charge is 2.21. The van der Waals surface area contributed by atoms with E-state index < -0.39 is 20.0 Å². The van der Waals surface area contributed by atoms with E-state index in [9.17, 15) is 16.8 Å². The van der Waals surface area contributed by atoms with Gasteiger partial charge in [0.2, 0.25) is 10.0 Å². The lowest BCUT2D eigenvalue weighted by molar-refractivity contribution is 0.596. The highest BCUT2D eigenvalue weighted by molar-refractivity contribution is 7.96. The molecule has 0 unspecified atom stereocenters. The molecule has 0 radical (unpaired) electrons. The van der Waals surface area contributed by atoms with Gasteiger partial charge < -0.3 is 0 Å². The van der Waals surface area contributed by atoms with E-state index in [4.69, 9.17) is 5.14 Å². The molecule has 0 spiro atoms. The van der Waals surface area contributed by atoms with Crippen molar-refractivity contribution in [1.29, 1.82) is 0 Å². The molecule has 0 amide bonds. The Morgan fingerprint density at radius 3 is 2.28 bits per heavy atom. The molecule has 8 heteroatoms. The van der Waals surface area contributed by atoms with E-state index in [-0.39, 0.29) is 5.75 Å². The quantitative estimate of drug-likeness (QED) is 0.832. The van der Waals surface area contributed by atoms with E-state index in [1.54, 1.807) is 6.08 Å². The number of benzene rings is 2. The van der Waals surface area contributed by atoms with Crippen molar-refractivity contribution in [2.75, 3.05) is 4.72 Å². The number of allylic oxidation sites excluding steroid dienone is 1. The predicted molar refractivity (Wildman–Crippen MR) is 98.5 cm³/mol. The number of sulfonamides is 2. The van der Waals surface area contributed by atoms with Crippen molar-refractivity contribution in [2.24, 2.45) is 5.14 Å². The molecule has 0 saturated heterocycles. The minimum Gasteiger partial charge on any atom is -0.280 e.